The molecule has 0 bridgehead atoms. The maximum atomic E-state index is 11.9. The first-order valence-corrected chi connectivity index (χ1v) is 39.6. The van der Waals surface area contributed by atoms with Crippen LogP contribution >= 0.6 is 0 Å². The summed E-state index contributed by atoms with van der Waals surface area (Å²) in [7, 11) is 0. The molecule has 0 saturated heterocycles. The summed E-state index contributed by atoms with van der Waals surface area (Å²) in [4.78, 5) is 69.7. The van der Waals surface area contributed by atoms with Crippen molar-refractivity contribution in [1.29, 1.82) is 0 Å². The number of esters is 4. The Bertz CT molecular complexity index is 1460. The van der Waals surface area contributed by atoms with Crippen molar-refractivity contribution in [3.05, 3.63) is 0 Å². The molecular weight excluding hydrogens is 1180 g/mol. The van der Waals surface area contributed by atoms with Crippen LogP contribution < -0.4 is 0 Å². The fourth-order valence-electron chi connectivity index (χ4n) is 9.10. The Hall–Kier alpha value is -2.86. The molecule has 2 N–H and O–H groups in total. The second-order valence-electron chi connectivity index (χ2n) is 27.1. The van der Waals surface area contributed by atoms with Gasteiger partial charge in [0, 0.05) is 10.8 Å². The summed E-state index contributed by atoms with van der Waals surface area (Å²) in [5, 5.41) is 17.7. The van der Waals surface area contributed by atoms with Crippen molar-refractivity contribution in [2.24, 2.45) is 21.7 Å². The minimum absolute atomic E-state index is 0.00189. The van der Waals surface area contributed by atoms with E-state index in [2.05, 4.69) is 0 Å². The maximum Gasteiger partial charge on any atom is 0.347 e. The van der Waals surface area contributed by atoms with Gasteiger partial charge in [0.1, 0.15) is 12.2 Å². The SMILES string of the molecule is C1CCCCC1.C1CCCCC1.C1CCCCC1.C1CCCCC1.CC.CC.CC.CC.CC.CC.CC.CC.CC(O)C(=O)C(C)(C)C.CC(OC(=O)C(C)(C)C)C(=O)OC(C)C(=O)C(C)(C)C.CC(OC(=O)C(C)(C)C)C(=O)OC1CCCCC1.OC1CCCCC1. The number of hydrogen-bond donors (Lipinski definition) is 2. The number of carbonyl (C=O) groups excluding carboxylic acids is 6. The predicted molar refractivity (Wildman–Crippen MR) is 410 cm³/mol. The van der Waals surface area contributed by atoms with Crippen LogP contribution in [0.2, 0.25) is 0 Å². The number of ketones is 2. The fraction of sp³-hybridized carbons (Fsp3) is 0.927. The van der Waals surface area contributed by atoms with Crippen LogP contribution in [-0.2, 0) is 47.7 Å². The van der Waals surface area contributed by atoms with Crippen LogP contribution in [0, 0.1) is 21.7 Å². The summed E-state index contributed by atoms with van der Waals surface area (Å²) in [6.45, 7) is 59.0. The molecule has 6 fully saturated rings. The lowest BCUT2D eigenvalue weighted by Crippen LogP contribution is -2.38. The third-order valence-electron chi connectivity index (χ3n) is 14.4. The third-order valence-corrected chi connectivity index (χ3v) is 14.4. The molecule has 6 aliphatic carbocycles. The van der Waals surface area contributed by atoms with Crippen molar-refractivity contribution in [3.63, 3.8) is 0 Å². The van der Waals surface area contributed by atoms with Crippen molar-refractivity contribution < 1.29 is 57.9 Å². The molecule has 4 atom stereocenters. The Morgan fingerprint density at radius 2 is 0.489 bits per heavy atom. The highest BCUT2D eigenvalue weighted by molar-refractivity contribution is 5.90. The van der Waals surface area contributed by atoms with E-state index in [0.29, 0.717) is 0 Å². The molecule has 0 aromatic carbocycles. The largest absolute Gasteiger partial charge is 0.460 e. The van der Waals surface area contributed by atoms with Crippen molar-refractivity contribution >= 4 is 35.4 Å². The summed E-state index contributed by atoms with van der Waals surface area (Å²) in [6, 6.07) is 0. The molecule has 0 aromatic rings. The molecule has 12 heteroatoms. The van der Waals surface area contributed by atoms with Crippen molar-refractivity contribution in [1.82, 2.24) is 0 Å². The van der Waals surface area contributed by atoms with Gasteiger partial charge in [0.05, 0.1) is 16.9 Å². The van der Waals surface area contributed by atoms with Crippen LogP contribution in [0.1, 0.15) is 440 Å². The van der Waals surface area contributed by atoms with E-state index < -0.39 is 64.0 Å². The van der Waals surface area contributed by atoms with Gasteiger partial charge < -0.3 is 29.2 Å². The van der Waals surface area contributed by atoms with E-state index in [1.165, 1.54) is 201 Å². The Balaban J connectivity index is -0.000000108. The highest BCUT2D eigenvalue weighted by atomic mass is 16.6. The predicted octanol–water partition coefficient (Wildman–Crippen LogP) is 25.2. The first-order chi connectivity index (χ1) is 44.3. The van der Waals surface area contributed by atoms with E-state index in [1.54, 1.807) is 90.0 Å². The molecule has 6 saturated carbocycles. The van der Waals surface area contributed by atoms with Gasteiger partial charge >= 0.3 is 23.9 Å². The smallest absolute Gasteiger partial charge is 0.347 e. The second kappa shape index (κ2) is 79.1. The highest BCUT2D eigenvalue weighted by Crippen LogP contribution is 2.24. The summed E-state index contributed by atoms with van der Waals surface area (Å²) in [5.74, 6) is -2.30. The van der Waals surface area contributed by atoms with Crippen LogP contribution in [0.4, 0.5) is 0 Å². The molecule has 0 spiro atoms. The normalized spacial score (nSPS) is 16.9. The summed E-state index contributed by atoms with van der Waals surface area (Å²) < 4.78 is 20.5. The molecule has 0 aliphatic heterocycles. The van der Waals surface area contributed by atoms with Crippen molar-refractivity contribution in [3.8, 4) is 0 Å². The zero-order chi connectivity index (χ0) is 75.8. The number of aliphatic hydroxyl groups excluding tert-OH is 2. The number of aliphatic hydroxyl groups is 2. The summed E-state index contributed by atoms with van der Waals surface area (Å²) >= 11 is 0. The van der Waals surface area contributed by atoms with Gasteiger partial charge in [0.2, 0.25) is 0 Å². The number of hydrogen-bond acceptors (Lipinski definition) is 12. The van der Waals surface area contributed by atoms with Crippen LogP contribution in [0.15, 0.2) is 0 Å². The molecule has 4 unspecified atom stereocenters. The van der Waals surface area contributed by atoms with Gasteiger partial charge in [-0.25, -0.2) is 9.59 Å². The minimum atomic E-state index is -1.03. The molecule has 0 heterocycles. The number of ether oxygens (including phenoxy) is 4. The standard InChI is InChI=1S/C15H26O5.C14H24O4.C7H14O2.C6H12O.4C6H12.8C2H6/c1-9(11(16)14(3,4)5)19-12(17)10(2)20-13(18)15(6,7)8;1-10(17-13(16)14(2,3)4)12(15)18-11-8-6-5-7-9-11;1-5(8)6(9)7(2,3)4;7-6-4-2-1-3-5-6;4*1-2-4-6-5-3-1;8*1-2/h9-10H,1-8H3;10-11H,5-9H2,1-4H3;5,8H,1-4H3;6-7H,1-5H2;4*1-6H2;8*1-2H3. The van der Waals surface area contributed by atoms with Gasteiger partial charge in [-0.1, -0.05) is 332 Å². The molecule has 0 aromatic heterocycles. The van der Waals surface area contributed by atoms with Gasteiger partial charge in [-0.2, -0.15) is 0 Å². The zero-order valence-corrected chi connectivity index (χ0v) is 69.5. The molecule has 0 radical (unpaired) electrons. The summed E-state index contributed by atoms with van der Waals surface area (Å²) in [6.07, 6.45) is 43.6. The van der Waals surface area contributed by atoms with E-state index >= 15 is 0 Å². The average Bonchev–Trinajstić information content (AvgIpc) is 1.000. The van der Waals surface area contributed by atoms with Crippen LogP contribution in [0.5, 0.6) is 0 Å². The van der Waals surface area contributed by atoms with E-state index in [0.717, 1.165) is 38.5 Å². The summed E-state index contributed by atoms with van der Waals surface area (Å²) in [5.41, 5.74) is -2.29. The first-order valence-electron chi connectivity index (χ1n) is 39.6. The molecule has 572 valence electrons. The quantitative estimate of drug-likeness (QED) is 0.174. The Kier molecular flexibility index (Phi) is 94.7. The molecular formula is C82H172O12. The Morgan fingerprint density at radius 1 is 0.287 bits per heavy atom. The van der Waals surface area contributed by atoms with Gasteiger partial charge in [-0.05, 0) is 108 Å². The van der Waals surface area contributed by atoms with E-state index in [1.807, 2.05) is 111 Å². The molecule has 6 rings (SSSR count). The van der Waals surface area contributed by atoms with Gasteiger partial charge in [0.15, 0.2) is 29.9 Å². The Morgan fingerprint density at radius 3 is 0.660 bits per heavy atom. The van der Waals surface area contributed by atoms with E-state index in [-0.39, 0.29) is 29.7 Å². The topological polar surface area (TPSA) is 180 Å². The van der Waals surface area contributed by atoms with Gasteiger partial charge in [-0.15, -0.1) is 0 Å². The van der Waals surface area contributed by atoms with Crippen LogP contribution in [0.25, 0.3) is 0 Å². The Labute approximate surface area is 588 Å². The lowest BCUT2D eigenvalue weighted by atomic mass is 9.88. The molecule has 94 heavy (non-hydrogen) atoms. The molecule has 12 nitrogen and oxygen atoms in total. The molecule has 6 aliphatic rings. The third kappa shape index (κ3) is 79.8. The maximum absolute atomic E-state index is 11.9. The van der Waals surface area contributed by atoms with E-state index in [4.69, 9.17) is 29.2 Å². The highest BCUT2D eigenvalue weighted by Gasteiger charge is 2.33. The zero-order valence-electron chi connectivity index (χ0n) is 69.5. The number of Topliss-reactive ketones (excluding diaryl/α,β-unsaturated/α-hetero) is 2. The van der Waals surface area contributed by atoms with Crippen LogP contribution in [0.3, 0.4) is 0 Å². The van der Waals surface area contributed by atoms with Crippen molar-refractivity contribution in [2.75, 3.05) is 0 Å². The number of carbonyl (C=O) groups is 6. The lowest BCUT2D eigenvalue weighted by Gasteiger charge is -2.24. The lowest BCUT2D eigenvalue weighted by molar-refractivity contribution is -0.176. The van der Waals surface area contributed by atoms with Crippen molar-refractivity contribution in [2.45, 2.75) is 476 Å². The average molecular weight is 1350 g/mol. The second-order valence-corrected chi connectivity index (χ2v) is 27.1. The van der Waals surface area contributed by atoms with Crippen LogP contribution in [-0.4, -0.2) is 82.3 Å². The van der Waals surface area contributed by atoms with Gasteiger partial charge in [-0.3, -0.25) is 19.2 Å². The monoisotopic (exact) mass is 1350 g/mol. The first kappa shape index (κ1) is 112. The number of rotatable bonds is 8. The fourth-order valence-corrected chi connectivity index (χ4v) is 9.10. The van der Waals surface area contributed by atoms with Gasteiger partial charge in [0.25, 0.3) is 0 Å². The minimum Gasteiger partial charge on any atom is -0.460 e. The molecule has 0 amide bonds. The van der Waals surface area contributed by atoms with E-state index in [9.17, 15) is 28.8 Å².